The highest BCUT2D eigenvalue weighted by Crippen LogP contribution is 2.10. The highest BCUT2D eigenvalue weighted by atomic mass is 32.2. The van der Waals surface area contributed by atoms with Crippen LogP contribution in [0.3, 0.4) is 0 Å². The van der Waals surface area contributed by atoms with E-state index in [-0.39, 0.29) is 29.7 Å². The first-order valence-corrected chi connectivity index (χ1v) is 11.8. The fourth-order valence-corrected chi connectivity index (χ4v) is 4.33. The second-order valence-electron chi connectivity index (χ2n) is 7.77. The van der Waals surface area contributed by atoms with E-state index in [1.54, 1.807) is 18.3 Å². The molecule has 0 saturated carbocycles. The summed E-state index contributed by atoms with van der Waals surface area (Å²) in [4.78, 5) is 21.1. The Morgan fingerprint density at radius 1 is 1.29 bits per heavy atom. The molecule has 1 saturated heterocycles. The van der Waals surface area contributed by atoms with Crippen LogP contribution < -0.4 is 5.32 Å². The summed E-state index contributed by atoms with van der Waals surface area (Å²) in [5, 5.41) is 12.7. The number of aliphatic hydroxyl groups excluding tert-OH is 1. The molecule has 2 aromatic rings. The predicted octanol–water partition coefficient (Wildman–Crippen LogP) is 1.47. The van der Waals surface area contributed by atoms with Crippen LogP contribution in [0.4, 0.5) is 0 Å². The predicted molar refractivity (Wildman–Crippen MR) is 120 cm³/mol. The van der Waals surface area contributed by atoms with Crippen LogP contribution in [0.2, 0.25) is 0 Å². The number of allylic oxidation sites excluding steroid dienone is 1. The number of piperazine rings is 1. The average molecular weight is 447 g/mol. The summed E-state index contributed by atoms with van der Waals surface area (Å²) in [5.74, 6) is -0.162. The lowest BCUT2D eigenvalue weighted by molar-refractivity contribution is -0.118. The molecular formula is C22H30N4O4S. The summed E-state index contributed by atoms with van der Waals surface area (Å²) >= 11 is 0. The van der Waals surface area contributed by atoms with Crippen LogP contribution in [0.1, 0.15) is 16.8 Å². The summed E-state index contributed by atoms with van der Waals surface area (Å²) in [7, 11) is 0.817. The molecule has 1 unspecified atom stereocenters. The van der Waals surface area contributed by atoms with Crippen molar-refractivity contribution in [3.05, 3.63) is 65.6 Å². The fraction of sp³-hybridized carbons (Fsp3) is 0.455. The summed E-state index contributed by atoms with van der Waals surface area (Å²) in [5.41, 5.74) is 2.86. The third-order valence-electron chi connectivity index (χ3n) is 5.10. The van der Waals surface area contributed by atoms with Crippen molar-refractivity contribution in [1.29, 1.82) is 0 Å². The van der Waals surface area contributed by atoms with Gasteiger partial charge in [0, 0.05) is 67.4 Å². The zero-order valence-electron chi connectivity index (χ0n) is 17.8. The quantitative estimate of drug-likeness (QED) is 0.533. The average Bonchev–Trinajstić information content (AvgIpc) is 3.25. The van der Waals surface area contributed by atoms with E-state index in [4.69, 9.17) is 4.42 Å². The fourth-order valence-electron chi connectivity index (χ4n) is 3.29. The first-order valence-electron chi connectivity index (χ1n) is 10.3. The Kier molecular flexibility index (Phi) is 8.81. The number of aromatic nitrogens is 1. The van der Waals surface area contributed by atoms with Crippen LogP contribution in [-0.2, 0) is 34.3 Å². The van der Waals surface area contributed by atoms with Gasteiger partial charge in [-0.2, -0.15) is 0 Å². The maximum absolute atomic E-state index is 12.0. The Labute approximate surface area is 185 Å². The van der Waals surface area contributed by atoms with Gasteiger partial charge in [0.2, 0.25) is 5.91 Å². The van der Waals surface area contributed by atoms with Gasteiger partial charge < -0.3 is 19.7 Å². The van der Waals surface area contributed by atoms with Gasteiger partial charge in [0.05, 0.1) is 24.8 Å². The van der Waals surface area contributed by atoms with Crippen LogP contribution in [-0.4, -0.2) is 75.5 Å². The lowest BCUT2D eigenvalue weighted by Crippen LogP contribution is -2.43. The number of likely N-dealkylation sites (N-methyl/N-ethyl adjacent to an activating group) is 1. The normalized spacial score (nSPS) is 16.9. The maximum atomic E-state index is 12.0. The van der Waals surface area contributed by atoms with E-state index >= 15 is 0 Å². The number of carbonyl (C=O) groups is 1. The number of furan rings is 1. The lowest BCUT2D eigenvalue weighted by Gasteiger charge is -2.32. The summed E-state index contributed by atoms with van der Waals surface area (Å²) in [6.45, 7) is 5.17. The Bertz CT molecular complexity index is 893. The van der Waals surface area contributed by atoms with Crippen molar-refractivity contribution in [2.75, 3.05) is 45.5 Å². The molecule has 1 amide bonds. The summed E-state index contributed by atoms with van der Waals surface area (Å²) < 4.78 is 16.9. The third kappa shape index (κ3) is 8.28. The molecule has 3 rings (SSSR count). The number of rotatable bonds is 10. The van der Waals surface area contributed by atoms with Crippen molar-refractivity contribution < 1.29 is 18.5 Å². The number of amides is 1. The molecular weight excluding hydrogens is 416 g/mol. The van der Waals surface area contributed by atoms with Gasteiger partial charge in [-0.05, 0) is 36.9 Å². The lowest BCUT2D eigenvalue weighted by atomic mass is 10.1. The highest BCUT2D eigenvalue weighted by Gasteiger charge is 2.14. The standard InChI is InChI=1S/C22H30N4O4S/c1-25-7-9-26(10-8-25)14-18-4-6-23-20(12-18)2-3-21(27)13-24-22(28)17-31(29)16-19-5-11-30-15-19/h3-6,11-12,15,27H,2,7-10,13-14,16-17H2,1H3,(H,24,28). The number of hydrogen-bond donors (Lipinski definition) is 2. The monoisotopic (exact) mass is 446 g/mol. The SMILES string of the molecule is CN1CCN(Cc2ccnc(CC=C(O)CNC(=O)CS(=O)Cc3ccoc3)c2)CC1. The molecule has 0 bridgehead atoms. The summed E-state index contributed by atoms with van der Waals surface area (Å²) in [6, 6.07) is 5.80. The number of nitrogens with zero attached hydrogens (tertiary/aromatic N) is 3. The molecule has 0 aliphatic carbocycles. The minimum atomic E-state index is -1.33. The molecule has 0 aromatic carbocycles. The smallest absolute Gasteiger partial charge is 0.233 e. The van der Waals surface area contributed by atoms with E-state index in [1.165, 1.54) is 18.1 Å². The molecule has 3 heterocycles. The zero-order chi connectivity index (χ0) is 22.1. The molecule has 8 nitrogen and oxygen atoms in total. The second kappa shape index (κ2) is 11.8. The minimum absolute atomic E-state index is 0.00271. The number of hydrogen-bond acceptors (Lipinski definition) is 7. The van der Waals surface area contributed by atoms with Crippen molar-refractivity contribution in [1.82, 2.24) is 20.1 Å². The topological polar surface area (TPSA) is 98.9 Å². The molecule has 2 N–H and O–H groups in total. The maximum Gasteiger partial charge on any atom is 0.233 e. The Hall–Kier alpha value is -2.49. The highest BCUT2D eigenvalue weighted by molar-refractivity contribution is 7.84. The van der Waals surface area contributed by atoms with E-state index < -0.39 is 10.8 Å². The first kappa shape index (κ1) is 23.2. The van der Waals surface area contributed by atoms with Gasteiger partial charge in [0.25, 0.3) is 0 Å². The number of carbonyl (C=O) groups excluding carboxylic acids is 1. The van der Waals surface area contributed by atoms with Gasteiger partial charge >= 0.3 is 0 Å². The van der Waals surface area contributed by atoms with Gasteiger partial charge in [-0.25, -0.2) is 0 Å². The Morgan fingerprint density at radius 3 is 2.84 bits per heavy atom. The largest absolute Gasteiger partial charge is 0.511 e. The van der Waals surface area contributed by atoms with Gasteiger partial charge in [-0.15, -0.1) is 0 Å². The zero-order valence-corrected chi connectivity index (χ0v) is 18.6. The Morgan fingerprint density at radius 2 is 2.10 bits per heavy atom. The van der Waals surface area contributed by atoms with E-state index in [0.717, 1.165) is 44.0 Å². The van der Waals surface area contributed by atoms with Crippen molar-refractivity contribution in [2.45, 2.75) is 18.7 Å². The Balaban J connectivity index is 1.40. The molecule has 1 aliphatic rings. The van der Waals surface area contributed by atoms with Crippen molar-refractivity contribution in [3.63, 3.8) is 0 Å². The molecule has 0 spiro atoms. The van der Waals surface area contributed by atoms with Crippen molar-refractivity contribution >= 4 is 16.7 Å². The molecule has 31 heavy (non-hydrogen) atoms. The van der Waals surface area contributed by atoms with E-state index in [0.29, 0.717) is 6.42 Å². The van der Waals surface area contributed by atoms with Crippen molar-refractivity contribution in [3.8, 4) is 0 Å². The van der Waals surface area contributed by atoms with E-state index in [9.17, 15) is 14.1 Å². The molecule has 168 valence electrons. The van der Waals surface area contributed by atoms with Crippen LogP contribution >= 0.6 is 0 Å². The first-order chi connectivity index (χ1) is 15.0. The second-order valence-corrected chi connectivity index (χ2v) is 9.23. The molecule has 1 aliphatic heterocycles. The number of nitrogens with one attached hydrogen (secondary N) is 1. The van der Waals surface area contributed by atoms with Gasteiger partial charge in [0.1, 0.15) is 11.5 Å². The van der Waals surface area contributed by atoms with Crippen LogP contribution in [0.5, 0.6) is 0 Å². The van der Waals surface area contributed by atoms with E-state index in [2.05, 4.69) is 33.2 Å². The number of pyridine rings is 1. The van der Waals surface area contributed by atoms with Gasteiger partial charge in [-0.3, -0.25) is 18.9 Å². The molecule has 1 fully saturated rings. The van der Waals surface area contributed by atoms with Crippen LogP contribution in [0.25, 0.3) is 0 Å². The van der Waals surface area contributed by atoms with Gasteiger partial charge in [-0.1, -0.05) is 0 Å². The molecule has 2 aromatic heterocycles. The molecule has 9 heteroatoms. The van der Waals surface area contributed by atoms with Crippen molar-refractivity contribution in [2.24, 2.45) is 0 Å². The molecule has 0 radical (unpaired) electrons. The van der Waals surface area contributed by atoms with Crippen LogP contribution in [0.15, 0.2) is 53.2 Å². The van der Waals surface area contributed by atoms with Crippen LogP contribution in [0, 0.1) is 0 Å². The third-order valence-corrected chi connectivity index (χ3v) is 6.34. The number of aliphatic hydroxyl groups is 1. The van der Waals surface area contributed by atoms with E-state index in [1.807, 2.05) is 6.07 Å². The minimum Gasteiger partial charge on any atom is -0.511 e. The summed E-state index contributed by atoms with van der Waals surface area (Å²) in [6.07, 6.45) is 6.93. The molecule has 1 atom stereocenters. The van der Waals surface area contributed by atoms with Gasteiger partial charge in [0.15, 0.2) is 0 Å².